The van der Waals surface area contributed by atoms with Crippen LogP contribution in [-0.2, 0) is 16.1 Å². The zero-order valence-electron chi connectivity index (χ0n) is 12.6. The van der Waals surface area contributed by atoms with E-state index in [0.29, 0.717) is 18.8 Å². The fraction of sp³-hybridized carbons (Fsp3) is 0.562. The van der Waals surface area contributed by atoms with E-state index in [9.17, 15) is 4.79 Å². The molecule has 0 amide bonds. The first-order valence-electron chi connectivity index (χ1n) is 7.40. The molecule has 0 aliphatic heterocycles. The average Bonchev–Trinajstić information content (AvgIpc) is 2.51. The van der Waals surface area contributed by atoms with Gasteiger partial charge < -0.3 is 20.3 Å². The molecule has 1 rings (SSSR count). The van der Waals surface area contributed by atoms with Crippen molar-refractivity contribution in [3.63, 3.8) is 0 Å². The summed E-state index contributed by atoms with van der Waals surface area (Å²) in [6.07, 6.45) is 3.42. The van der Waals surface area contributed by atoms with Gasteiger partial charge in [-0.25, -0.2) is 0 Å². The van der Waals surface area contributed by atoms with Crippen molar-refractivity contribution in [1.29, 1.82) is 0 Å². The maximum absolute atomic E-state index is 12.2. The Bertz CT molecular complexity index is 405. The lowest BCUT2D eigenvalue weighted by Gasteiger charge is -2.15. The number of carbonyl (C=O) groups is 1. The number of nitrogens with two attached hydrogens (primary N) is 1. The van der Waals surface area contributed by atoms with Gasteiger partial charge in [-0.15, -0.1) is 0 Å². The van der Waals surface area contributed by atoms with Crippen LogP contribution in [0.3, 0.4) is 0 Å². The molecular formula is C16H25NO4. The Morgan fingerprint density at radius 3 is 2.57 bits per heavy atom. The standard InChI is InChI=1S/C16H25NO4/c1-2-3-4-14(9-10-20-12-17)16(19)21-15-7-5-13(11-18)6-8-15/h5-8,14,18H,2-4,9-12,17H2,1H3. The number of aliphatic hydroxyl groups is 1. The first-order valence-corrected chi connectivity index (χ1v) is 7.40. The van der Waals surface area contributed by atoms with Crippen molar-refractivity contribution < 1.29 is 19.4 Å². The minimum atomic E-state index is -0.235. The number of ether oxygens (including phenoxy) is 2. The van der Waals surface area contributed by atoms with Crippen LogP contribution in [0.1, 0.15) is 38.2 Å². The summed E-state index contributed by atoms with van der Waals surface area (Å²) in [7, 11) is 0. The first-order chi connectivity index (χ1) is 10.2. The Kier molecular flexibility index (Phi) is 8.66. The largest absolute Gasteiger partial charge is 0.426 e. The molecule has 118 valence electrons. The monoisotopic (exact) mass is 295 g/mol. The summed E-state index contributed by atoms with van der Waals surface area (Å²) in [5.41, 5.74) is 6.07. The van der Waals surface area contributed by atoms with Gasteiger partial charge in [-0.3, -0.25) is 4.79 Å². The van der Waals surface area contributed by atoms with Gasteiger partial charge in [0.25, 0.3) is 0 Å². The van der Waals surface area contributed by atoms with E-state index >= 15 is 0 Å². The summed E-state index contributed by atoms with van der Waals surface area (Å²) < 4.78 is 10.5. The number of hydrogen-bond donors (Lipinski definition) is 2. The summed E-state index contributed by atoms with van der Waals surface area (Å²) in [5.74, 6) is 0.0910. The van der Waals surface area contributed by atoms with Gasteiger partial charge in [0.15, 0.2) is 0 Å². The van der Waals surface area contributed by atoms with E-state index in [4.69, 9.17) is 20.3 Å². The Hall–Kier alpha value is -1.43. The van der Waals surface area contributed by atoms with Gasteiger partial charge in [0.05, 0.1) is 19.3 Å². The fourth-order valence-corrected chi connectivity index (χ4v) is 2.00. The van der Waals surface area contributed by atoms with Crippen LogP contribution in [0.2, 0.25) is 0 Å². The maximum atomic E-state index is 12.2. The Balaban J connectivity index is 2.56. The van der Waals surface area contributed by atoms with Crippen molar-refractivity contribution in [2.24, 2.45) is 11.7 Å². The van der Waals surface area contributed by atoms with E-state index in [1.54, 1.807) is 24.3 Å². The molecule has 0 aliphatic carbocycles. The van der Waals surface area contributed by atoms with Crippen LogP contribution < -0.4 is 10.5 Å². The lowest BCUT2D eigenvalue weighted by atomic mass is 9.99. The van der Waals surface area contributed by atoms with Gasteiger partial charge in [-0.1, -0.05) is 31.9 Å². The van der Waals surface area contributed by atoms with Crippen LogP contribution in [0, 0.1) is 5.92 Å². The zero-order valence-corrected chi connectivity index (χ0v) is 12.6. The molecule has 21 heavy (non-hydrogen) atoms. The minimum Gasteiger partial charge on any atom is -0.426 e. The maximum Gasteiger partial charge on any atom is 0.314 e. The lowest BCUT2D eigenvalue weighted by molar-refractivity contribution is -0.140. The van der Waals surface area contributed by atoms with Crippen LogP contribution >= 0.6 is 0 Å². The molecule has 5 heteroatoms. The molecule has 0 fully saturated rings. The Morgan fingerprint density at radius 1 is 1.29 bits per heavy atom. The third-order valence-corrected chi connectivity index (χ3v) is 3.29. The molecule has 0 aromatic heterocycles. The number of aliphatic hydroxyl groups excluding tert-OH is 1. The van der Waals surface area contributed by atoms with E-state index in [1.165, 1.54) is 0 Å². The molecule has 0 aliphatic rings. The van der Waals surface area contributed by atoms with Gasteiger partial charge >= 0.3 is 5.97 Å². The smallest absolute Gasteiger partial charge is 0.314 e. The average molecular weight is 295 g/mol. The van der Waals surface area contributed by atoms with E-state index in [2.05, 4.69) is 6.92 Å². The highest BCUT2D eigenvalue weighted by Gasteiger charge is 2.20. The van der Waals surface area contributed by atoms with E-state index in [-0.39, 0.29) is 25.2 Å². The first kappa shape index (κ1) is 17.6. The second kappa shape index (κ2) is 10.3. The molecule has 0 heterocycles. The molecule has 1 atom stereocenters. The predicted octanol–water partition coefficient (Wildman–Crippen LogP) is 2.21. The number of benzene rings is 1. The molecular weight excluding hydrogens is 270 g/mol. The lowest BCUT2D eigenvalue weighted by Crippen LogP contribution is -2.23. The van der Waals surface area contributed by atoms with Crippen molar-refractivity contribution in [3.8, 4) is 5.75 Å². The summed E-state index contributed by atoms with van der Waals surface area (Å²) >= 11 is 0. The van der Waals surface area contributed by atoms with Gasteiger partial charge in [0.2, 0.25) is 0 Å². The Labute approximate surface area is 126 Å². The van der Waals surface area contributed by atoms with E-state index < -0.39 is 0 Å². The zero-order chi connectivity index (χ0) is 15.5. The second-order valence-electron chi connectivity index (χ2n) is 4.93. The normalized spacial score (nSPS) is 12.1. The van der Waals surface area contributed by atoms with E-state index in [1.807, 2.05) is 0 Å². The van der Waals surface area contributed by atoms with Gasteiger partial charge in [-0.05, 0) is 30.5 Å². The van der Waals surface area contributed by atoms with Crippen LogP contribution in [0.4, 0.5) is 0 Å². The summed E-state index contributed by atoms with van der Waals surface area (Å²) in [6, 6.07) is 6.86. The molecule has 1 unspecified atom stereocenters. The van der Waals surface area contributed by atoms with Crippen LogP contribution in [0.25, 0.3) is 0 Å². The van der Waals surface area contributed by atoms with Crippen molar-refractivity contribution in [2.45, 2.75) is 39.2 Å². The second-order valence-corrected chi connectivity index (χ2v) is 4.93. The topological polar surface area (TPSA) is 81.8 Å². The predicted molar refractivity (Wildman–Crippen MR) is 80.6 cm³/mol. The summed E-state index contributed by atoms with van der Waals surface area (Å²) in [4.78, 5) is 12.2. The highest BCUT2D eigenvalue weighted by atomic mass is 16.5. The highest BCUT2D eigenvalue weighted by molar-refractivity contribution is 5.75. The molecule has 0 saturated heterocycles. The quantitative estimate of drug-likeness (QED) is 0.299. The molecule has 1 aromatic carbocycles. The van der Waals surface area contributed by atoms with Crippen LogP contribution in [0.5, 0.6) is 5.75 Å². The number of carbonyl (C=O) groups excluding carboxylic acids is 1. The van der Waals surface area contributed by atoms with Gasteiger partial charge in [0, 0.05) is 6.61 Å². The molecule has 5 nitrogen and oxygen atoms in total. The number of hydrogen-bond acceptors (Lipinski definition) is 5. The third-order valence-electron chi connectivity index (χ3n) is 3.29. The van der Waals surface area contributed by atoms with Crippen LogP contribution in [-0.4, -0.2) is 24.4 Å². The number of rotatable bonds is 10. The molecule has 0 saturated carbocycles. The molecule has 0 bridgehead atoms. The molecule has 0 radical (unpaired) electrons. The number of esters is 1. The van der Waals surface area contributed by atoms with Crippen molar-refractivity contribution in [1.82, 2.24) is 0 Å². The SMILES string of the molecule is CCCCC(CCOCN)C(=O)Oc1ccc(CO)cc1. The van der Waals surface area contributed by atoms with Crippen LogP contribution in [0.15, 0.2) is 24.3 Å². The number of unbranched alkanes of at least 4 members (excludes halogenated alkanes) is 1. The molecule has 1 aromatic rings. The molecule has 3 N–H and O–H groups in total. The third kappa shape index (κ3) is 6.71. The van der Waals surface area contributed by atoms with Gasteiger partial charge in [-0.2, -0.15) is 0 Å². The summed E-state index contributed by atoms with van der Waals surface area (Å²) in [5, 5.41) is 8.98. The van der Waals surface area contributed by atoms with E-state index in [0.717, 1.165) is 24.8 Å². The highest BCUT2D eigenvalue weighted by Crippen LogP contribution is 2.19. The Morgan fingerprint density at radius 2 is 2.00 bits per heavy atom. The van der Waals surface area contributed by atoms with Crippen molar-refractivity contribution in [2.75, 3.05) is 13.3 Å². The molecule has 0 spiro atoms. The minimum absolute atomic E-state index is 0.0240. The van der Waals surface area contributed by atoms with Crippen molar-refractivity contribution >= 4 is 5.97 Å². The van der Waals surface area contributed by atoms with Gasteiger partial charge in [0.1, 0.15) is 5.75 Å². The van der Waals surface area contributed by atoms with Crippen molar-refractivity contribution in [3.05, 3.63) is 29.8 Å². The fourth-order valence-electron chi connectivity index (χ4n) is 2.00. The summed E-state index contributed by atoms with van der Waals surface area (Å²) in [6.45, 7) is 2.69.